The van der Waals surface area contributed by atoms with Crippen molar-refractivity contribution in [3.63, 3.8) is 0 Å². The van der Waals surface area contributed by atoms with Crippen molar-refractivity contribution in [2.24, 2.45) is 0 Å². The number of halogens is 1. The molecule has 0 fully saturated rings. The number of rotatable bonds is 4. The van der Waals surface area contributed by atoms with Gasteiger partial charge in [-0.15, -0.1) is 11.8 Å². The van der Waals surface area contributed by atoms with Gasteiger partial charge in [0.05, 0.1) is 4.92 Å². The largest absolute Gasteiger partial charge is 0.507 e. The van der Waals surface area contributed by atoms with Crippen molar-refractivity contribution >= 4 is 17.4 Å². The number of hydrogen-bond donors (Lipinski definition) is 1. The number of para-hydroxylation sites is 1. The van der Waals surface area contributed by atoms with Gasteiger partial charge in [0.2, 0.25) is 0 Å². The van der Waals surface area contributed by atoms with E-state index in [2.05, 4.69) is 0 Å². The highest BCUT2D eigenvalue weighted by Gasteiger charge is 2.15. The smallest absolute Gasteiger partial charge is 0.273 e. The summed E-state index contributed by atoms with van der Waals surface area (Å²) < 4.78 is 13.1. The molecule has 2 aromatic carbocycles. The van der Waals surface area contributed by atoms with E-state index in [0.29, 0.717) is 10.5 Å². The molecule has 0 aromatic heterocycles. The molecule has 0 aliphatic rings. The maximum atomic E-state index is 13.1. The Bertz CT molecular complexity index is 619. The molecule has 1 N–H and O–H groups in total. The first-order valence-electron chi connectivity index (χ1n) is 5.41. The first-order chi connectivity index (χ1) is 9.08. The number of thioether (sulfide) groups is 1. The van der Waals surface area contributed by atoms with Gasteiger partial charge < -0.3 is 5.11 Å². The fourth-order valence-electron chi connectivity index (χ4n) is 1.58. The van der Waals surface area contributed by atoms with Crippen LogP contribution in [-0.4, -0.2) is 10.0 Å². The Kier molecular flexibility index (Phi) is 4.01. The zero-order valence-corrected chi connectivity index (χ0v) is 10.6. The van der Waals surface area contributed by atoms with Crippen LogP contribution in [0.4, 0.5) is 10.1 Å². The van der Waals surface area contributed by atoms with Crippen molar-refractivity contribution in [2.45, 2.75) is 10.6 Å². The summed E-state index contributed by atoms with van der Waals surface area (Å²) in [5.74, 6) is -0.198. The zero-order chi connectivity index (χ0) is 13.8. The van der Waals surface area contributed by atoms with Gasteiger partial charge in [0.25, 0.3) is 5.69 Å². The molecule has 0 aliphatic carbocycles. The normalized spacial score (nSPS) is 10.4. The molecule has 19 heavy (non-hydrogen) atoms. The molecule has 98 valence electrons. The number of hydrogen-bond acceptors (Lipinski definition) is 4. The second-order valence-corrected chi connectivity index (χ2v) is 4.80. The van der Waals surface area contributed by atoms with Crippen LogP contribution in [-0.2, 0) is 5.75 Å². The van der Waals surface area contributed by atoms with E-state index in [-0.39, 0.29) is 17.2 Å². The third kappa shape index (κ3) is 3.23. The Labute approximate surface area is 113 Å². The SMILES string of the molecule is O=[N+]([O-])c1ccc(F)cc1CSc1ccccc1O. The van der Waals surface area contributed by atoms with Crippen molar-refractivity contribution < 1.29 is 14.4 Å². The van der Waals surface area contributed by atoms with Crippen LogP contribution in [0.2, 0.25) is 0 Å². The van der Waals surface area contributed by atoms with E-state index in [1.807, 2.05) is 0 Å². The van der Waals surface area contributed by atoms with Crippen LogP contribution in [0, 0.1) is 15.9 Å². The van der Waals surface area contributed by atoms with Crippen LogP contribution in [0.3, 0.4) is 0 Å². The summed E-state index contributed by atoms with van der Waals surface area (Å²) >= 11 is 1.22. The van der Waals surface area contributed by atoms with Crippen LogP contribution >= 0.6 is 11.8 Å². The lowest BCUT2D eigenvalue weighted by molar-refractivity contribution is -0.385. The third-order valence-corrected chi connectivity index (χ3v) is 3.60. The van der Waals surface area contributed by atoms with Crippen LogP contribution in [0.15, 0.2) is 47.4 Å². The molecule has 0 bridgehead atoms. The number of nitrogens with zero attached hydrogens (tertiary/aromatic N) is 1. The summed E-state index contributed by atoms with van der Waals surface area (Å²) in [5.41, 5.74) is 0.169. The van der Waals surface area contributed by atoms with Gasteiger partial charge in [-0.1, -0.05) is 12.1 Å². The van der Waals surface area contributed by atoms with Gasteiger partial charge in [-0.25, -0.2) is 4.39 Å². The van der Waals surface area contributed by atoms with Crippen molar-refractivity contribution in [1.29, 1.82) is 0 Å². The predicted molar refractivity (Wildman–Crippen MR) is 70.7 cm³/mol. The molecule has 0 spiro atoms. The Morgan fingerprint density at radius 1 is 1.26 bits per heavy atom. The lowest BCUT2D eigenvalue weighted by atomic mass is 10.2. The highest BCUT2D eigenvalue weighted by molar-refractivity contribution is 7.98. The molecule has 6 heteroatoms. The topological polar surface area (TPSA) is 63.4 Å². The fourth-order valence-corrected chi connectivity index (χ4v) is 2.52. The molecule has 0 amide bonds. The van der Waals surface area contributed by atoms with Crippen molar-refractivity contribution in [2.75, 3.05) is 0 Å². The number of phenols is 1. The van der Waals surface area contributed by atoms with Gasteiger partial charge in [0.1, 0.15) is 11.6 Å². The minimum atomic E-state index is -0.541. The van der Waals surface area contributed by atoms with E-state index in [9.17, 15) is 19.6 Å². The Balaban J connectivity index is 2.22. The lowest BCUT2D eigenvalue weighted by Gasteiger charge is -2.05. The summed E-state index contributed by atoms with van der Waals surface area (Å²) in [4.78, 5) is 10.9. The zero-order valence-electron chi connectivity index (χ0n) is 9.75. The molecular weight excluding hydrogens is 269 g/mol. The second kappa shape index (κ2) is 5.71. The molecule has 0 radical (unpaired) electrons. The molecule has 0 unspecified atom stereocenters. The summed E-state index contributed by atoms with van der Waals surface area (Å²) in [6, 6.07) is 10.0. The Hall–Kier alpha value is -2.08. The number of benzene rings is 2. The molecule has 0 saturated carbocycles. The van der Waals surface area contributed by atoms with Gasteiger partial charge >= 0.3 is 0 Å². The van der Waals surface area contributed by atoms with E-state index < -0.39 is 10.7 Å². The fraction of sp³-hybridized carbons (Fsp3) is 0.0769. The number of aromatic hydroxyl groups is 1. The molecule has 0 aliphatic heterocycles. The maximum absolute atomic E-state index is 13.1. The van der Waals surface area contributed by atoms with E-state index in [0.717, 1.165) is 18.2 Å². The average molecular weight is 279 g/mol. The highest BCUT2D eigenvalue weighted by atomic mass is 32.2. The maximum Gasteiger partial charge on any atom is 0.273 e. The van der Waals surface area contributed by atoms with Crippen LogP contribution < -0.4 is 0 Å². The number of phenolic OH excluding ortho intramolecular Hbond substituents is 1. The van der Waals surface area contributed by atoms with Gasteiger partial charge in [-0.2, -0.15) is 0 Å². The van der Waals surface area contributed by atoms with Crippen molar-refractivity contribution in [1.82, 2.24) is 0 Å². The standard InChI is InChI=1S/C13H10FNO3S/c14-10-5-6-11(15(17)18)9(7-10)8-19-13-4-2-1-3-12(13)16/h1-7,16H,8H2. The third-order valence-electron chi connectivity index (χ3n) is 2.49. The molecule has 4 nitrogen and oxygen atoms in total. The van der Waals surface area contributed by atoms with Crippen LogP contribution in [0.25, 0.3) is 0 Å². The van der Waals surface area contributed by atoms with Gasteiger partial charge in [-0.05, 0) is 24.3 Å². The highest BCUT2D eigenvalue weighted by Crippen LogP contribution is 2.33. The van der Waals surface area contributed by atoms with Crippen molar-refractivity contribution in [3.8, 4) is 5.75 Å². The predicted octanol–water partition coefficient (Wildman–Crippen LogP) is 3.73. The van der Waals surface area contributed by atoms with Gasteiger partial charge in [-0.3, -0.25) is 10.1 Å². The number of nitro groups is 1. The number of nitro benzene ring substituents is 1. The summed E-state index contributed by atoms with van der Waals surface area (Å²) in [6.45, 7) is 0. The molecule has 0 saturated heterocycles. The van der Waals surface area contributed by atoms with Crippen LogP contribution in [0.1, 0.15) is 5.56 Å². The summed E-state index contributed by atoms with van der Waals surface area (Å²) in [5, 5.41) is 20.4. The molecule has 0 heterocycles. The van der Waals surface area contributed by atoms with Crippen molar-refractivity contribution in [3.05, 3.63) is 64.0 Å². The van der Waals surface area contributed by atoms with E-state index in [4.69, 9.17) is 0 Å². The van der Waals surface area contributed by atoms with Gasteiger partial charge in [0.15, 0.2) is 0 Å². The molecule has 2 rings (SSSR count). The monoisotopic (exact) mass is 279 g/mol. The molecule has 2 aromatic rings. The molecular formula is C13H10FNO3S. The summed E-state index contributed by atoms with van der Waals surface area (Å²) in [6.07, 6.45) is 0. The summed E-state index contributed by atoms with van der Waals surface area (Å²) in [7, 11) is 0. The average Bonchev–Trinajstić information content (AvgIpc) is 2.37. The first kappa shape index (κ1) is 13.4. The van der Waals surface area contributed by atoms with Gasteiger partial charge in [0, 0.05) is 22.3 Å². The minimum Gasteiger partial charge on any atom is -0.507 e. The lowest BCUT2D eigenvalue weighted by Crippen LogP contribution is -1.95. The minimum absolute atomic E-state index is 0.103. The van der Waals surface area contributed by atoms with E-state index in [1.54, 1.807) is 18.2 Å². The first-order valence-corrected chi connectivity index (χ1v) is 6.40. The van der Waals surface area contributed by atoms with E-state index >= 15 is 0 Å². The molecule has 0 atom stereocenters. The Morgan fingerprint density at radius 3 is 2.68 bits per heavy atom. The Morgan fingerprint density at radius 2 is 2.00 bits per heavy atom. The second-order valence-electron chi connectivity index (χ2n) is 3.79. The van der Waals surface area contributed by atoms with E-state index in [1.165, 1.54) is 17.8 Å². The van der Waals surface area contributed by atoms with Crippen LogP contribution in [0.5, 0.6) is 5.75 Å². The quantitative estimate of drug-likeness (QED) is 0.526.